The largest absolute Gasteiger partial charge is 0.393 e. The van der Waals surface area contributed by atoms with Gasteiger partial charge in [-0.3, -0.25) is 0 Å². The van der Waals surface area contributed by atoms with Crippen LogP contribution >= 0.6 is 0 Å². The maximum absolute atomic E-state index is 11.0. The van der Waals surface area contributed by atoms with Crippen LogP contribution in [0.2, 0.25) is 0 Å². The van der Waals surface area contributed by atoms with Crippen molar-refractivity contribution in [3.05, 3.63) is 34.9 Å². The van der Waals surface area contributed by atoms with Gasteiger partial charge < -0.3 is 20.1 Å². The summed E-state index contributed by atoms with van der Waals surface area (Å²) in [5.41, 5.74) is 2.33. The standard InChI is InChI=1S/C28H40O4/c1-25(2,31)13-7-15-32-26(3,4)23-11-10-21-20-9-8-18-16-19(29)17-24(30)28(18,6)22(20)12-14-27(21,23)5/h8-9,11,19,21-22,24,29-31H,10,12,14-17H2,1-6H3/t19-,21+,22+,24+,27+,28+/m1/s1. The lowest BCUT2D eigenvalue weighted by Crippen LogP contribution is -2.52. The highest BCUT2D eigenvalue weighted by molar-refractivity contribution is 5.44. The molecule has 32 heavy (non-hydrogen) atoms. The van der Waals surface area contributed by atoms with Crippen molar-refractivity contribution in [2.75, 3.05) is 6.61 Å². The number of hydrogen-bond acceptors (Lipinski definition) is 4. The van der Waals surface area contributed by atoms with Gasteiger partial charge >= 0.3 is 0 Å². The molecule has 0 radical (unpaired) electrons. The molecule has 176 valence electrons. The van der Waals surface area contributed by atoms with E-state index in [9.17, 15) is 15.3 Å². The fourth-order valence-corrected chi connectivity index (χ4v) is 7.12. The van der Waals surface area contributed by atoms with E-state index in [-0.39, 0.29) is 10.8 Å². The second-order valence-corrected chi connectivity index (χ2v) is 11.8. The zero-order valence-electron chi connectivity index (χ0n) is 20.5. The molecule has 0 unspecified atom stereocenters. The average Bonchev–Trinajstić information content (AvgIpc) is 3.04. The number of allylic oxidation sites excluding steroid dienone is 4. The van der Waals surface area contributed by atoms with Crippen LogP contribution in [0.5, 0.6) is 0 Å². The van der Waals surface area contributed by atoms with Gasteiger partial charge in [-0.15, -0.1) is 0 Å². The first-order valence-corrected chi connectivity index (χ1v) is 12.1. The first-order valence-electron chi connectivity index (χ1n) is 12.1. The van der Waals surface area contributed by atoms with Crippen LogP contribution in [-0.4, -0.2) is 45.3 Å². The molecule has 3 N–H and O–H groups in total. The van der Waals surface area contributed by atoms with Crippen molar-refractivity contribution in [1.29, 1.82) is 0 Å². The van der Waals surface area contributed by atoms with E-state index in [0.717, 1.165) is 19.3 Å². The number of hydrogen-bond donors (Lipinski definition) is 3. The first kappa shape index (κ1) is 23.8. The van der Waals surface area contributed by atoms with E-state index in [0.29, 0.717) is 31.3 Å². The zero-order chi connectivity index (χ0) is 23.5. The molecular formula is C28H40O4. The highest BCUT2D eigenvalue weighted by atomic mass is 16.5. The molecule has 0 spiro atoms. The molecule has 0 saturated heterocycles. The third-order valence-corrected chi connectivity index (χ3v) is 8.78. The molecule has 4 aliphatic carbocycles. The Morgan fingerprint density at radius 1 is 1.12 bits per heavy atom. The lowest BCUT2D eigenvalue weighted by atomic mass is 9.49. The molecule has 2 saturated carbocycles. The summed E-state index contributed by atoms with van der Waals surface area (Å²) < 4.78 is 6.24. The van der Waals surface area contributed by atoms with Gasteiger partial charge in [0.2, 0.25) is 0 Å². The van der Waals surface area contributed by atoms with Gasteiger partial charge in [-0.2, -0.15) is 0 Å². The Kier molecular flexibility index (Phi) is 5.82. The summed E-state index contributed by atoms with van der Waals surface area (Å²) in [5.74, 6) is 6.54. The van der Waals surface area contributed by atoms with E-state index in [1.54, 1.807) is 13.8 Å². The van der Waals surface area contributed by atoms with Crippen LogP contribution in [-0.2, 0) is 4.74 Å². The summed E-state index contributed by atoms with van der Waals surface area (Å²) in [7, 11) is 0. The van der Waals surface area contributed by atoms with Gasteiger partial charge in [-0.05, 0) is 76.2 Å². The van der Waals surface area contributed by atoms with Crippen molar-refractivity contribution < 1.29 is 20.1 Å². The topological polar surface area (TPSA) is 69.9 Å². The SMILES string of the molecule is CC(C)(O)C#CCOC(C)(C)C1=CC[C@H]2C3=CC=C4C[C@@H](O)C[C@H](O)[C@]4(C)[C@H]3CC[C@]12C. The normalized spacial score (nSPS) is 39.0. The number of aliphatic hydroxyl groups is 3. The smallest absolute Gasteiger partial charge is 0.120 e. The van der Waals surface area contributed by atoms with E-state index in [1.165, 1.54) is 16.7 Å². The highest BCUT2D eigenvalue weighted by Crippen LogP contribution is 2.64. The van der Waals surface area contributed by atoms with E-state index < -0.39 is 23.4 Å². The fourth-order valence-electron chi connectivity index (χ4n) is 7.12. The van der Waals surface area contributed by atoms with E-state index in [1.807, 2.05) is 0 Å². The second kappa shape index (κ2) is 7.84. The molecule has 0 aliphatic heterocycles. The van der Waals surface area contributed by atoms with Gasteiger partial charge in [0.15, 0.2) is 0 Å². The fraction of sp³-hybridized carbons (Fsp3) is 0.714. The third kappa shape index (κ3) is 3.82. The van der Waals surface area contributed by atoms with Crippen LogP contribution in [0.15, 0.2) is 34.9 Å². The Bertz CT molecular complexity index is 921. The van der Waals surface area contributed by atoms with Crippen molar-refractivity contribution in [3.8, 4) is 11.8 Å². The molecule has 4 rings (SSSR count). The molecular weight excluding hydrogens is 400 g/mol. The van der Waals surface area contributed by atoms with Crippen molar-refractivity contribution in [1.82, 2.24) is 0 Å². The van der Waals surface area contributed by atoms with Gasteiger partial charge in [-0.25, -0.2) is 0 Å². The molecule has 0 aromatic carbocycles. The molecule has 0 amide bonds. The molecule has 0 bridgehead atoms. The third-order valence-electron chi connectivity index (χ3n) is 8.78. The van der Waals surface area contributed by atoms with Crippen LogP contribution in [0.3, 0.4) is 0 Å². The lowest BCUT2D eigenvalue weighted by molar-refractivity contribution is -0.0522. The molecule has 4 nitrogen and oxygen atoms in total. The monoisotopic (exact) mass is 440 g/mol. The van der Waals surface area contributed by atoms with Gasteiger partial charge in [-0.1, -0.05) is 55.1 Å². The van der Waals surface area contributed by atoms with Crippen LogP contribution in [0.1, 0.15) is 73.6 Å². The lowest BCUT2D eigenvalue weighted by Gasteiger charge is -2.56. The van der Waals surface area contributed by atoms with Gasteiger partial charge in [0.1, 0.15) is 12.2 Å². The van der Waals surface area contributed by atoms with E-state index >= 15 is 0 Å². The minimum absolute atomic E-state index is 0.0242. The summed E-state index contributed by atoms with van der Waals surface area (Å²) in [4.78, 5) is 0. The summed E-state index contributed by atoms with van der Waals surface area (Å²) in [5, 5.41) is 31.1. The van der Waals surface area contributed by atoms with Crippen LogP contribution in [0.25, 0.3) is 0 Å². The van der Waals surface area contributed by atoms with E-state index in [2.05, 4.69) is 57.8 Å². The Morgan fingerprint density at radius 3 is 2.53 bits per heavy atom. The number of ether oxygens (including phenoxy) is 1. The Hall–Kier alpha value is -1.38. The summed E-state index contributed by atoms with van der Waals surface area (Å²) >= 11 is 0. The molecule has 0 aromatic heterocycles. The maximum atomic E-state index is 11.0. The summed E-state index contributed by atoms with van der Waals surface area (Å²) in [6, 6.07) is 0. The van der Waals surface area contributed by atoms with Gasteiger partial charge in [0.25, 0.3) is 0 Å². The zero-order valence-corrected chi connectivity index (χ0v) is 20.5. The van der Waals surface area contributed by atoms with Crippen LogP contribution in [0.4, 0.5) is 0 Å². The Morgan fingerprint density at radius 2 is 1.84 bits per heavy atom. The van der Waals surface area contributed by atoms with Crippen molar-refractivity contribution in [2.24, 2.45) is 22.7 Å². The van der Waals surface area contributed by atoms with Gasteiger partial charge in [0, 0.05) is 11.8 Å². The quantitative estimate of drug-likeness (QED) is 0.452. The van der Waals surface area contributed by atoms with E-state index in [4.69, 9.17) is 4.74 Å². The molecule has 4 aliphatic rings. The number of fused-ring (bicyclic) bond motifs is 5. The summed E-state index contributed by atoms with van der Waals surface area (Å²) in [6.45, 7) is 12.5. The Balaban J connectivity index is 1.57. The van der Waals surface area contributed by atoms with Crippen molar-refractivity contribution in [3.63, 3.8) is 0 Å². The van der Waals surface area contributed by atoms with Crippen LogP contribution < -0.4 is 0 Å². The second-order valence-electron chi connectivity index (χ2n) is 11.8. The van der Waals surface area contributed by atoms with Crippen molar-refractivity contribution >= 4 is 0 Å². The first-order chi connectivity index (χ1) is 14.8. The molecule has 6 atom stereocenters. The van der Waals surface area contributed by atoms with Crippen LogP contribution in [0, 0.1) is 34.5 Å². The van der Waals surface area contributed by atoms with Gasteiger partial charge in [0.05, 0.1) is 17.8 Å². The maximum Gasteiger partial charge on any atom is 0.120 e. The molecule has 0 aromatic rings. The molecule has 4 heteroatoms. The molecule has 0 heterocycles. The predicted octanol–water partition coefficient (Wildman–Crippen LogP) is 4.31. The number of rotatable bonds is 3. The number of aliphatic hydroxyl groups excluding tert-OH is 2. The minimum Gasteiger partial charge on any atom is -0.393 e. The summed E-state index contributed by atoms with van der Waals surface area (Å²) in [6.07, 6.45) is 10.2. The average molecular weight is 441 g/mol. The minimum atomic E-state index is -1.01. The highest BCUT2D eigenvalue weighted by Gasteiger charge is 2.58. The predicted molar refractivity (Wildman–Crippen MR) is 127 cm³/mol. The Labute approximate surface area is 193 Å². The van der Waals surface area contributed by atoms with Crippen molar-refractivity contribution in [2.45, 2.75) is 97.1 Å². The molecule has 2 fully saturated rings.